The lowest BCUT2D eigenvalue weighted by molar-refractivity contribution is -0.132. The van der Waals surface area contributed by atoms with Gasteiger partial charge in [-0.05, 0) is 24.3 Å². The van der Waals surface area contributed by atoms with Gasteiger partial charge in [-0.15, -0.1) is 0 Å². The van der Waals surface area contributed by atoms with Crippen molar-refractivity contribution < 1.29 is 24.6 Å². The summed E-state index contributed by atoms with van der Waals surface area (Å²) >= 11 is 10.8. The zero-order chi connectivity index (χ0) is 14.6. The van der Waals surface area contributed by atoms with Crippen LogP contribution in [0.3, 0.4) is 0 Å². The van der Waals surface area contributed by atoms with Crippen LogP contribution in [-0.2, 0) is 9.59 Å². The largest absolute Gasteiger partial charge is 0.478 e. The number of anilines is 1. The molecular weight excluding hydrogens is 297 g/mol. The molecule has 19 heavy (non-hydrogen) atoms. The van der Waals surface area contributed by atoms with Crippen LogP contribution in [0.15, 0.2) is 34.3 Å². The lowest BCUT2D eigenvalue weighted by Crippen LogP contribution is -2.14. The Morgan fingerprint density at radius 2 is 1.47 bits per heavy atom. The summed E-state index contributed by atoms with van der Waals surface area (Å²) < 4.78 is 0. The van der Waals surface area contributed by atoms with Gasteiger partial charge in [0, 0.05) is 5.69 Å². The van der Waals surface area contributed by atoms with Crippen molar-refractivity contribution in [2.75, 3.05) is 5.32 Å². The summed E-state index contributed by atoms with van der Waals surface area (Å²) in [5.41, 5.74) is 0.297. The van der Waals surface area contributed by atoms with Gasteiger partial charge >= 0.3 is 11.9 Å². The van der Waals surface area contributed by atoms with E-state index in [1.165, 1.54) is 24.3 Å². The van der Waals surface area contributed by atoms with E-state index in [1.807, 2.05) is 0 Å². The Bertz CT molecular complexity index is 565. The summed E-state index contributed by atoms with van der Waals surface area (Å²) in [6, 6.07) is 5.21. The smallest absolute Gasteiger partial charge is 0.349 e. The zero-order valence-corrected chi connectivity index (χ0v) is 10.7. The minimum absolute atomic E-state index is 0.0446. The minimum atomic E-state index is -1.52. The second-order valence-corrected chi connectivity index (χ2v) is 4.03. The van der Waals surface area contributed by atoms with Crippen LogP contribution in [0, 0.1) is 0 Å². The molecule has 8 heteroatoms. The molecule has 0 heterocycles. The third-order valence-corrected chi connectivity index (χ3v) is 2.78. The van der Waals surface area contributed by atoms with Gasteiger partial charge in [-0.25, -0.2) is 9.59 Å². The lowest BCUT2D eigenvalue weighted by Gasteiger charge is -2.05. The van der Waals surface area contributed by atoms with Gasteiger partial charge < -0.3 is 15.5 Å². The van der Waals surface area contributed by atoms with Crippen LogP contribution in [-0.4, -0.2) is 28.1 Å². The van der Waals surface area contributed by atoms with Gasteiger partial charge in [0.25, 0.3) is 5.91 Å². The summed E-state index contributed by atoms with van der Waals surface area (Å²) in [6.07, 6.45) is 0. The average molecular weight is 304 g/mol. The average Bonchev–Trinajstić information content (AvgIpc) is 2.37. The predicted molar refractivity (Wildman–Crippen MR) is 68.4 cm³/mol. The van der Waals surface area contributed by atoms with E-state index in [1.54, 1.807) is 0 Å². The monoisotopic (exact) mass is 303 g/mol. The Hall–Kier alpha value is -2.05. The second kappa shape index (κ2) is 6.21. The molecule has 0 fully saturated rings. The number of carboxylic acids is 2. The summed E-state index contributed by atoms with van der Waals surface area (Å²) in [5.74, 6) is -3.54. The molecule has 0 saturated heterocycles. The molecule has 0 bridgehead atoms. The number of benzene rings is 1. The first-order valence-corrected chi connectivity index (χ1v) is 5.51. The standard InChI is InChI=1S/C11H7Cl2NO5/c12-7(8(13)11(18)19)9(15)14-6-3-1-5(2-4-6)10(16)17/h1-4H,(H,14,15)(H,16,17)(H,18,19)/b8-7+. The zero-order valence-electron chi connectivity index (χ0n) is 9.18. The van der Waals surface area contributed by atoms with E-state index in [0.29, 0.717) is 0 Å². The maximum Gasteiger partial charge on any atom is 0.349 e. The van der Waals surface area contributed by atoms with Gasteiger partial charge in [-0.3, -0.25) is 4.79 Å². The molecule has 0 atom stereocenters. The molecule has 0 aliphatic rings. The van der Waals surface area contributed by atoms with Crippen molar-refractivity contribution in [3.05, 3.63) is 39.9 Å². The highest BCUT2D eigenvalue weighted by atomic mass is 35.5. The highest BCUT2D eigenvalue weighted by Gasteiger charge is 2.17. The van der Waals surface area contributed by atoms with Crippen LogP contribution in [0.5, 0.6) is 0 Å². The number of carbonyl (C=O) groups is 3. The molecule has 1 aromatic carbocycles. The third-order valence-electron chi connectivity index (χ3n) is 1.97. The molecule has 0 aliphatic heterocycles. The number of nitrogens with one attached hydrogen (secondary N) is 1. The van der Waals surface area contributed by atoms with E-state index < -0.39 is 27.9 Å². The number of amides is 1. The van der Waals surface area contributed by atoms with E-state index in [2.05, 4.69) is 5.32 Å². The fourth-order valence-electron chi connectivity index (χ4n) is 1.08. The van der Waals surface area contributed by atoms with Gasteiger partial charge in [0.2, 0.25) is 0 Å². The summed E-state index contributed by atoms with van der Waals surface area (Å²) in [7, 11) is 0. The molecule has 0 saturated carbocycles. The van der Waals surface area contributed by atoms with Crippen molar-refractivity contribution in [2.45, 2.75) is 0 Å². The topological polar surface area (TPSA) is 104 Å². The minimum Gasteiger partial charge on any atom is -0.478 e. The number of hydrogen-bond donors (Lipinski definition) is 3. The third kappa shape index (κ3) is 3.97. The Morgan fingerprint density at radius 3 is 1.89 bits per heavy atom. The van der Waals surface area contributed by atoms with E-state index in [9.17, 15) is 14.4 Å². The van der Waals surface area contributed by atoms with Gasteiger partial charge in [0.1, 0.15) is 10.1 Å². The molecule has 0 unspecified atom stereocenters. The first-order chi connectivity index (χ1) is 8.82. The highest BCUT2D eigenvalue weighted by Crippen LogP contribution is 2.17. The van der Waals surface area contributed by atoms with Crippen molar-refractivity contribution in [1.82, 2.24) is 0 Å². The SMILES string of the molecule is O=C(O)/C(Cl)=C(\Cl)C(=O)Nc1ccc(C(=O)O)cc1. The molecule has 6 nitrogen and oxygen atoms in total. The quantitative estimate of drug-likeness (QED) is 0.739. The second-order valence-electron chi connectivity index (χ2n) is 3.27. The number of carbonyl (C=O) groups excluding carboxylic acids is 1. The highest BCUT2D eigenvalue weighted by molar-refractivity contribution is 6.54. The number of aliphatic carboxylic acids is 1. The Balaban J connectivity index is 2.86. The van der Waals surface area contributed by atoms with Crippen molar-refractivity contribution in [1.29, 1.82) is 0 Å². The molecule has 0 aromatic heterocycles. The Kier molecular flexibility index (Phi) is 4.91. The fourth-order valence-corrected chi connectivity index (χ4v) is 1.29. The molecule has 1 rings (SSSR count). The number of aromatic carboxylic acids is 1. The van der Waals surface area contributed by atoms with Crippen LogP contribution in [0.1, 0.15) is 10.4 Å². The molecule has 100 valence electrons. The fraction of sp³-hybridized carbons (Fsp3) is 0. The molecule has 0 radical (unpaired) electrons. The lowest BCUT2D eigenvalue weighted by atomic mass is 10.2. The van der Waals surface area contributed by atoms with Gasteiger partial charge in [0.05, 0.1) is 5.56 Å². The van der Waals surface area contributed by atoms with E-state index in [4.69, 9.17) is 33.4 Å². The molecular formula is C11H7Cl2NO5. The van der Waals surface area contributed by atoms with Crippen LogP contribution >= 0.6 is 23.2 Å². The number of rotatable bonds is 4. The van der Waals surface area contributed by atoms with Crippen LogP contribution in [0.4, 0.5) is 5.69 Å². The summed E-state index contributed by atoms with van der Waals surface area (Å²) in [5, 5.41) is 18.0. The van der Waals surface area contributed by atoms with E-state index in [0.717, 1.165) is 0 Å². The summed E-state index contributed by atoms with van der Waals surface area (Å²) in [6.45, 7) is 0. The van der Waals surface area contributed by atoms with Crippen LogP contribution in [0.25, 0.3) is 0 Å². The Labute approximate surface area is 117 Å². The van der Waals surface area contributed by atoms with Crippen molar-refractivity contribution in [3.63, 3.8) is 0 Å². The maximum absolute atomic E-state index is 11.5. The number of carboxylic acid groups (broad SMARTS) is 2. The van der Waals surface area contributed by atoms with Gasteiger partial charge in [0.15, 0.2) is 0 Å². The van der Waals surface area contributed by atoms with Gasteiger partial charge in [-0.2, -0.15) is 0 Å². The van der Waals surface area contributed by atoms with Crippen LogP contribution < -0.4 is 5.32 Å². The first kappa shape index (κ1) is 15.0. The van der Waals surface area contributed by atoms with Gasteiger partial charge in [-0.1, -0.05) is 23.2 Å². The molecule has 0 aliphatic carbocycles. The molecule has 3 N–H and O–H groups in total. The molecule has 1 aromatic rings. The van der Waals surface area contributed by atoms with Crippen molar-refractivity contribution in [2.24, 2.45) is 0 Å². The van der Waals surface area contributed by atoms with E-state index >= 15 is 0 Å². The molecule has 1 amide bonds. The molecule has 0 spiro atoms. The Morgan fingerprint density at radius 1 is 0.947 bits per heavy atom. The maximum atomic E-state index is 11.5. The first-order valence-electron chi connectivity index (χ1n) is 4.76. The predicted octanol–water partition coefficient (Wildman–Crippen LogP) is 2.10. The van der Waals surface area contributed by atoms with Crippen molar-refractivity contribution in [3.8, 4) is 0 Å². The van der Waals surface area contributed by atoms with Crippen molar-refractivity contribution >= 4 is 46.7 Å². The number of hydrogen-bond acceptors (Lipinski definition) is 3. The number of halogens is 2. The summed E-state index contributed by atoms with van der Waals surface area (Å²) in [4.78, 5) is 32.6. The normalized spacial score (nSPS) is 11.5. The van der Waals surface area contributed by atoms with Crippen LogP contribution in [0.2, 0.25) is 0 Å². The van der Waals surface area contributed by atoms with E-state index in [-0.39, 0.29) is 11.3 Å².